The molecule has 0 radical (unpaired) electrons. The minimum atomic E-state index is -4.50. The zero-order chi connectivity index (χ0) is 19.1. The Kier molecular flexibility index (Phi) is 4.43. The van der Waals surface area contributed by atoms with Gasteiger partial charge in [-0.2, -0.15) is 18.3 Å². The van der Waals surface area contributed by atoms with Crippen LogP contribution in [0.3, 0.4) is 0 Å². The number of carbonyl (C=O) groups excluding carboxylic acids is 1. The number of alkyl halides is 3. The first-order chi connectivity index (χ1) is 12.2. The van der Waals surface area contributed by atoms with Crippen LogP contribution in [0.25, 0.3) is 10.8 Å². The molecule has 0 saturated carbocycles. The smallest absolute Gasteiger partial charge is 0.346 e. The largest absolute Gasteiger partial charge is 0.417 e. The van der Waals surface area contributed by atoms with E-state index < -0.39 is 17.6 Å². The van der Waals surface area contributed by atoms with Gasteiger partial charge in [0.2, 0.25) is 0 Å². The Hall–Kier alpha value is -2.90. The molecule has 1 N–H and O–H groups in total. The lowest BCUT2D eigenvalue weighted by Crippen LogP contribution is -2.24. The number of nitrogens with one attached hydrogen (secondary N) is 1. The Labute approximate surface area is 147 Å². The molecule has 26 heavy (non-hydrogen) atoms. The fourth-order valence-electron chi connectivity index (χ4n) is 2.96. The molecule has 0 spiro atoms. The minimum Gasteiger partial charge on any atom is -0.346 e. The van der Waals surface area contributed by atoms with E-state index in [0.29, 0.717) is 0 Å². The van der Waals surface area contributed by atoms with Gasteiger partial charge >= 0.3 is 6.18 Å². The van der Waals surface area contributed by atoms with Crippen molar-refractivity contribution in [3.63, 3.8) is 0 Å². The van der Waals surface area contributed by atoms with Crippen molar-refractivity contribution in [3.05, 3.63) is 58.7 Å². The highest BCUT2D eigenvalue weighted by Crippen LogP contribution is 2.35. The van der Waals surface area contributed by atoms with Crippen LogP contribution in [-0.2, 0) is 19.8 Å². The Bertz CT molecular complexity index is 992. The summed E-state index contributed by atoms with van der Waals surface area (Å²) in [5.41, 5.74) is 1.75. The van der Waals surface area contributed by atoms with Crippen molar-refractivity contribution in [1.82, 2.24) is 20.1 Å². The first-order valence-corrected chi connectivity index (χ1v) is 7.92. The molecule has 3 rings (SSSR count). The zero-order valence-electron chi connectivity index (χ0n) is 14.5. The first-order valence-electron chi connectivity index (χ1n) is 7.92. The molecule has 1 amide bonds. The summed E-state index contributed by atoms with van der Waals surface area (Å²) >= 11 is 0. The van der Waals surface area contributed by atoms with E-state index >= 15 is 0 Å². The second-order valence-electron chi connectivity index (χ2n) is 6.01. The molecule has 8 heteroatoms. The molecular formula is C18H17F3N4O. The summed E-state index contributed by atoms with van der Waals surface area (Å²) in [7, 11) is 1.80. The van der Waals surface area contributed by atoms with E-state index in [0.717, 1.165) is 23.0 Å². The topological polar surface area (TPSA) is 59.8 Å². The highest BCUT2D eigenvalue weighted by Gasteiger charge is 2.32. The summed E-state index contributed by atoms with van der Waals surface area (Å²) in [6.45, 7) is 3.94. The number of aryl methyl sites for hydroxylation is 2. The second-order valence-corrected chi connectivity index (χ2v) is 6.01. The number of pyridine rings is 1. The van der Waals surface area contributed by atoms with Gasteiger partial charge < -0.3 is 5.32 Å². The predicted molar refractivity (Wildman–Crippen MR) is 90.6 cm³/mol. The number of amides is 1. The van der Waals surface area contributed by atoms with Gasteiger partial charge in [-0.15, -0.1) is 0 Å². The van der Waals surface area contributed by atoms with Crippen LogP contribution in [0.2, 0.25) is 0 Å². The second kappa shape index (κ2) is 6.44. The lowest BCUT2D eigenvalue weighted by Gasteiger charge is -2.12. The SMILES string of the molecule is Cc1nn(C)c(C)c1CNC(=O)c1nccc2c(C(F)(F)F)cccc12. The Morgan fingerprint density at radius 3 is 2.54 bits per heavy atom. The van der Waals surface area contributed by atoms with Gasteiger partial charge in [0.15, 0.2) is 0 Å². The molecule has 0 bridgehead atoms. The van der Waals surface area contributed by atoms with Crippen LogP contribution in [0.1, 0.15) is 33.0 Å². The quantitative estimate of drug-likeness (QED) is 0.775. The molecule has 2 aromatic heterocycles. The fraction of sp³-hybridized carbons (Fsp3) is 0.278. The third-order valence-corrected chi connectivity index (χ3v) is 4.41. The first kappa shape index (κ1) is 17.9. The van der Waals surface area contributed by atoms with Gasteiger partial charge in [-0.25, -0.2) is 0 Å². The third-order valence-electron chi connectivity index (χ3n) is 4.41. The number of rotatable bonds is 3. The average Bonchev–Trinajstić information content (AvgIpc) is 2.83. The van der Waals surface area contributed by atoms with Gasteiger partial charge in [-0.3, -0.25) is 14.5 Å². The maximum Gasteiger partial charge on any atom is 0.417 e. The van der Waals surface area contributed by atoms with Gasteiger partial charge in [0, 0.05) is 36.4 Å². The summed E-state index contributed by atoms with van der Waals surface area (Å²) in [6, 6.07) is 5.00. The maximum absolute atomic E-state index is 13.2. The predicted octanol–water partition coefficient (Wildman–Crippen LogP) is 3.53. The standard InChI is InChI=1S/C18H17F3N4O/c1-10-14(11(2)25(3)24-10)9-23-17(26)16-13-5-4-6-15(18(19,20)21)12(13)7-8-22-16/h4-8H,9H2,1-3H3,(H,23,26). The molecule has 5 nitrogen and oxygen atoms in total. The summed E-state index contributed by atoms with van der Waals surface area (Å²) in [5, 5.41) is 7.12. The molecule has 2 heterocycles. The normalized spacial score (nSPS) is 11.8. The van der Waals surface area contributed by atoms with Crippen molar-refractivity contribution in [2.75, 3.05) is 0 Å². The molecule has 0 fully saturated rings. The third kappa shape index (κ3) is 3.14. The number of aromatic nitrogens is 3. The van der Waals surface area contributed by atoms with Gasteiger partial charge in [0.05, 0.1) is 11.3 Å². The lowest BCUT2D eigenvalue weighted by atomic mass is 10.0. The van der Waals surface area contributed by atoms with Crippen LogP contribution in [0.5, 0.6) is 0 Å². The van der Waals surface area contributed by atoms with Crippen molar-refractivity contribution in [2.45, 2.75) is 26.6 Å². The number of nitrogens with zero attached hydrogens (tertiary/aromatic N) is 3. The Balaban J connectivity index is 1.94. The van der Waals surface area contributed by atoms with Gasteiger partial charge in [-0.05, 0) is 31.4 Å². The van der Waals surface area contributed by atoms with Crippen molar-refractivity contribution >= 4 is 16.7 Å². The number of halogens is 3. The molecule has 1 aromatic carbocycles. The van der Waals surface area contributed by atoms with E-state index in [1.54, 1.807) is 11.7 Å². The average molecular weight is 362 g/mol. The summed E-state index contributed by atoms with van der Waals surface area (Å²) in [4.78, 5) is 16.5. The molecule has 3 aromatic rings. The highest BCUT2D eigenvalue weighted by atomic mass is 19.4. The molecule has 0 unspecified atom stereocenters. The van der Waals surface area contributed by atoms with Crippen molar-refractivity contribution < 1.29 is 18.0 Å². The molecule has 0 saturated heterocycles. The van der Waals surface area contributed by atoms with E-state index in [1.807, 2.05) is 13.8 Å². The summed E-state index contributed by atoms with van der Waals surface area (Å²) < 4.78 is 41.3. The molecule has 0 atom stereocenters. The monoisotopic (exact) mass is 362 g/mol. The summed E-state index contributed by atoms with van der Waals surface area (Å²) in [6.07, 6.45) is -3.29. The van der Waals surface area contributed by atoms with Crippen LogP contribution in [-0.4, -0.2) is 20.7 Å². The van der Waals surface area contributed by atoms with Crippen molar-refractivity contribution in [1.29, 1.82) is 0 Å². The van der Waals surface area contributed by atoms with Crippen LogP contribution >= 0.6 is 0 Å². The van der Waals surface area contributed by atoms with Gasteiger partial charge in [-0.1, -0.05) is 12.1 Å². The number of carbonyl (C=O) groups is 1. The lowest BCUT2D eigenvalue weighted by molar-refractivity contribution is -0.136. The van der Waals surface area contributed by atoms with Crippen molar-refractivity contribution in [2.24, 2.45) is 7.05 Å². The van der Waals surface area contributed by atoms with Crippen LogP contribution in [0.15, 0.2) is 30.5 Å². The van der Waals surface area contributed by atoms with E-state index in [9.17, 15) is 18.0 Å². The number of hydrogen-bond donors (Lipinski definition) is 1. The van der Waals surface area contributed by atoms with Gasteiger partial charge in [0.1, 0.15) is 5.69 Å². The molecular weight excluding hydrogens is 345 g/mol. The van der Waals surface area contributed by atoms with E-state index in [2.05, 4.69) is 15.4 Å². The van der Waals surface area contributed by atoms with Crippen LogP contribution in [0.4, 0.5) is 13.2 Å². The molecule has 0 aliphatic rings. The van der Waals surface area contributed by atoms with E-state index in [-0.39, 0.29) is 23.0 Å². The minimum absolute atomic E-state index is 0.0344. The van der Waals surface area contributed by atoms with Crippen LogP contribution in [0, 0.1) is 13.8 Å². The van der Waals surface area contributed by atoms with Crippen LogP contribution < -0.4 is 5.32 Å². The number of hydrogen-bond acceptors (Lipinski definition) is 3. The summed E-state index contributed by atoms with van der Waals surface area (Å²) in [5.74, 6) is -0.530. The highest BCUT2D eigenvalue weighted by molar-refractivity contribution is 6.06. The Morgan fingerprint density at radius 1 is 1.19 bits per heavy atom. The molecule has 0 aliphatic carbocycles. The van der Waals surface area contributed by atoms with E-state index in [1.165, 1.54) is 24.4 Å². The zero-order valence-corrected chi connectivity index (χ0v) is 14.5. The molecule has 0 aliphatic heterocycles. The number of benzene rings is 1. The Morgan fingerprint density at radius 2 is 1.92 bits per heavy atom. The van der Waals surface area contributed by atoms with Crippen molar-refractivity contribution in [3.8, 4) is 0 Å². The number of fused-ring (bicyclic) bond motifs is 1. The fourth-order valence-corrected chi connectivity index (χ4v) is 2.96. The van der Waals surface area contributed by atoms with Gasteiger partial charge in [0.25, 0.3) is 5.91 Å². The maximum atomic E-state index is 13.2. The molecule has 136 valence electrons. The van der Waals surface area contributed by atoms with E-state index in [4.69, 9.17) is 0 Å².